The van der Waals surface area contributed by atoms with Gasteiger partial charge in [0.2, 0.25) is 0 Å². The molecule has 0 radical (unpaired) electrons. The Morgan fingerprint density at radius 1 is 1.67 bits per heavy atom. The Hall–Kier alpha value is 0.440. The maximum Gasteiger partial charge on any atom is 0.0678 e. The first-order valence-electron chi connectivity index (χ1n) is 3.32. The molecule has 0 N–H and O–H groups in total. The van der Waals surface area contributed by atoms with Crippen LogP contribution in [-0.2, 0) is 4.74 Å². The molecule has 1 nitrogen and oxygen atoms in total. The number of hydrogen-bond donors (Lipinski definition) is 0. The quantitative estimate of drug-likeness (QED) is 0.580. The van der Waals surface area contributed by atoms with E-state index in [-0.39, 0.29) is 0 Å². The first kappa shape index (κ1) is 7.55. The zero-order valence-electron chi connectivity index (χ0n) is 5.98. The van der Waals surface area contributed by atoms with Gasteiger partial charge in [0.25, 0.3) is 0 Å². The molecule has 2 heteroatoms. The van der Waals surface area contributed by atoms with E-state index in [4.69, 9.17) is 4.74 Å². The highest BCUT2D eigenvalue weighted by Gasteiger charge is 2.30. The summed E-state index contributed by atoms with van der Waals surface area (Å²) in [6.45, 7) is 5.41. The van der Waals surface area contributed by atoms with Gasteiger partial charge in [-0.15, -0.1) is 0 Å². The molecule has 54 valence electrons. The minimum Gasteiger partial charge on any atom is -0.377 e. The number of rotatable bonds is 1. The monoisotopic (exact) mass is 192 g/mol. The van der Waals surface area contributed by atoms with E-state index in [1.807, 2.05) is 0 Å². The van der Waals surface area contributed by atoms with Crippen LogP contribution in [0.15, 0.2) is 0 Å². The average molecular weight is 193 g/mol. The Kier molecular flexibility index (Phi) is 2.17. The summed E-state index contributed by atoms with van der Waals surface area (Å²) in [6, 6.07) is 0. The Bertz CT molecular complexity index is 101. The van der Waals surface area contributed by atoms with Crippen molar-refractivity contribution in [2.75, 3.05) is 11.9 Å². The summed E-state index contributed by atoms with van der Waals surface area (Å²) >= 11 is 3.40. The fourth-order valence-electron chi connectivity index (χ4n) is 1.18. The second-order valence-electron chi connectivity index (χ2n) is 3.46. The third kappa shape index (κ3) is 1.94. The van der Waals surface area contributed by atoms with Gasteiger partial charge in [-0.25, -0.2) is 0 Å². The molecule has 1 saturated heterocycles. The molecule has 0 unspecified atom stereocenters. The fourth-order valence-corrected chi connectivity index (χ4v) is 1.59. The van der Waals surface area contributed by atoms with Crippen molar-refractivity contribution in [3.05, 3.63) is 0 Å². The van der Waals surface area contributed by atoms with Gasteiger partial charge in [0.05, 0.1) is 12.7 Å². The maximum atomic E-state index is 5.47. The highest BCUT2D eigenvalue weighted by molar-refractivity contribution is 9.09. The topological polar surface area (TPSA) is 9.23 Å². The highest BCUT2D eigenvalue weighted by Crippen LogP contribution is 2.31. The predicted octanol–water partition coefficient (Wildman–Crippen LogP) is 2.20. The molecule has 0 aromatic rings. The number of alkyl halides is 1. The standard InChI is InChI=1S/C7H13BrO/c1-7(2)3-6(4-8)9-5-7/h6H,3-5H2,1-2H3/t6-/m1/s1. The molecule has 0 aromatic heterocycles. The molecule has 1 aliphatic heterocycles. The molecule has 0 aliphatic carbocycles. The van der Waals surface area contributed by atoms with Gasteiger partial charge in [-0.05, 0) is 11.8 Å². The van der Waals surface area contributed by atoms with Gasteiger partial charge >= 0.3 is 0 Å². The molecule has 1 heterocycles. The van der Waals surface area contributed by atoms with E-state index in [1.54, 1.807) is 0 Å². The van der Waals surface area contributed by atoms with Crippen LogP contribution in [0.4, 0.5) is 0 Å². The molecule has 0 spiro atoms. The summed E-state index contributed by atoms with van der Waals surface area (Å²) in [5, 5.41) is 0.983. The summed E-state index contributed by atoms with van der Waals surface area (Å²) < 4.78 is 5.47. The third-order valence-electron chi connectivity index (χ3n) is 1.66. The minimum absolute atomic E-state index is 0.415. The maximum absolute atomic E-state index is 5.47. The van der Waals surface area contributed by atoms with E-state index in [0.717, 1.165) is 11.9 Å². The van der Waals surface area contributed by atoms with Crippen molar-refractivity contribution in [3.63, 3.8) is 0 Å². The predicted molar refractivity (Wildman–Crippen MR) is 41.9 cm³/mol. The number of ether oxygens (including phenoxy) is 1. The minimum atomic E-state index is 0.415. The van der Waals surface area contributed by atoms with Crippen molar-refractivity contribution in [1.29, 1.82) is 0 Å². The van der Waals surface area contributed by atoms with Crippen LogP contribution in [0, 0.1) is 5.41 Å². The van der Waals surface area contributed by atoms with E-state index in [2.05, 4.69) is 29.8 Å². The average Bonchev–Trinajstić information content (AvgIpc) is 2.10. The molecule has 1 atom stereocenters. The van der Waals surface area contributed by atoms with Gasteiger partial charge in [-0.3, -0.25) is 0 Å². The van der Waals surface area contributed by atoms with E-state index >= 15 is 0 Å². The van der Waals surface area contributed by atoms with Crippen molar-refractivity contribution in [1.82, 2.24) is 0 Å². The first-order chi connectivity index (χ1) is 4.14. The van der Waals surface area contributed by atoms with Crippen molar-refractivity contribution in [3.8, 4) is 0 Å². The molecule has 0 amide bonds. The lowest BCUT2D eigenvalue weighted by Gasteiger charge is -2.12. The first-order valence-corrected chi connectivity index (χ1v) is 4.44. The van der Waals surface area contributed by atoms with Crippen molar-refractivity contribution in [2.24, 2.45) is 5.41 Å². The van der Waals surface area contributed by atoms with Gasteiger partial charge in [0.15, 0.2) is 0 Å². The van der Waals surface area contributed by atoms with E-state index in [9.17, 15) is 0 Å². The van der Waals surface area contributed by atoms with Crippen LogP contribution in [0.2, 0.25) is 0 Å². The molecule has 0 aromatic carbocycles. The van der Waals surface area contributed by atoms with Gasteiger partial charge in [0, 0.05) is 5.33 Å². The summed E-state index contributed by atoms with van der Waals surface area (Å²) in [7, 11) is 0. The van der Waals surface area contributed by atoms with Gasteiger partial charge in [-0.1, -0.05) is 29.8 Å². The Labute approximate surface area is 64.9 Å². The Morgan fingerprint density at radius 3 is 2.56 bits per heavy atom. The summed E-state index contributed by atoms with van der Waals surface area (Å²) in [6.07, 6.45) is 1.65. The lowest BCUT2D eigenvalue weighted by Crippen LogP contribution is -2.10. The number of hydrogen-bond acceptors (Lipinski definition) is 1. The van der Waals surface area contributed by atoms with Crippen LogP contribution in [0.25, 0.3) is 0 Å². The van der Waals surface area contributed by atoms with E-state index in [0.29, 0.717) is 11.5 Å². The SMILES string of the molecule is CC1(C)CO[C@@H](CBr)C1. The molecule has 0 saturated carbocycles. The fraction of sp³-hybridized carbons (Fsp3) is 1.00. The van der Waals surface area contributed by atoms with E-state index < -0.39 is 0 Å². The van der Waals surface area contributed by atoms with Crippen LogP contribution in [0.5, 0.6) is 0 Å². The normalized spacial score (nSPS) is 33.0. The van der Waals surface area contributed by atoms with Crippen LogP contribution in [-0.4, -0.2) is 18.0 Å². The molecular weight excluding hydrogens is 180 g/mol. The highest BCUT2D eigenvalue weighted by atomic mass is 79.9. The number of halogens is 1. The van der Waals surface area contributed by atoms with Crippen LogP contribution in [0.1, 0.15) is 20.3 Å². The Balaban J connectivity index is 2.38. The molecule has 0 bridgehead atoms. The van der Waals surface area contributed by atoms with Gasteiger partial charge < -0.3 is 4.74 Å². The zero-order valence-corrected chi connectivity index (χ0v) is 7.57. The van der Waals surface area contributed by atoms with Crippen molar-refractivity contribution in [2.45, 2.75) is 26.4 Å². The molecule has 1 aliphatic rings. The van der Waals surface area contributed by atoms with Crippen molar-refractivity contribution < 1.29 is 4.74 Å². The lowest BCUT2D eigenvalue weighted by molar-refractivity contribution is 0.115. The molecule has 9 heavy (non-hydrogen) atoms. The van der Waals surface area contributed by atoms with Crippen molar-refractivity contribution >= 4 is 15.9 Å². The summed E-state index contributed by atoms with van der Waals surface area (Å²) in [5.41, 5.74) is 0.415. The molecular formula is C7H13BrO. The van der Waals surface area contributed by atoms with Gasteiger partial charge in [0.1, 0.15) is 0 Å². The van der Waals surface area contributed by atoms with Crippen LogP contribution in [0.3, 0.4) is 0 Å². The second-order valence-corrected chi connectivity index (χ2v) is 4.10. The summed E-state index contributed by atoms with van der Waals surface area (Å²) in [4.78, 5) is 0. The lowest BCUT2D eigenvalue weighted by atomic mass is 9.91. The van der Waals surface area contributed by atoms with Crippen LogP contribution >= 0.6 is 15.9 Å². The summed E-state index contributed by atoms with van der Waals surface area (Å²) in [5.74, 6) is 0. The molecule has 1 rings (SSSR count). The third-order valence-corrected chi connectivity index (χ3v) is 2.38. The Morgan fingerprint density at radius 2 is 2.33 bits per heavy atom. The van der Waals surface area contributed by atoms with E-state index in [1.165, 1.54) is 6.42 Å². The second kappa shape index (κ2) is 2.59. The van der Waals surface area contributed by atoms with Gasteiger partial charge in [-0.2, -0.15) is 0 Å². The largest absolute Gasteiger partial charge is 0.377 e. The molecule has 1 fully saturated rings. The smallest absolute Gasteiger partial charge is 0.0678 e. The zero-order chi connectivity index (χ0) is 6.91. The van der Waals surface area contributed by atoms with Crippen LogP contribution < -0.4 is 0 Å².